The van der Waals surface area contributed by atoms with Crippen LogP contribution in [0.3, 0.4) is 0 Å². The molecule has 0 unspecified atom stereocenters. The second kappa shape index (κ2) is 18.5. The van der Waals surface area contributed by atoms with Crippen molar-refractivity contribution in [1.29, 1.82) is 0 Å². The molecule has 8 aromatic rings. The quantitative estimate of drug-likeness (QED) is 0.160. The van der Waals surface area contributed by atoms with Gasteiger partial charge in [-0.2, -0.15) is 0 Å². The second-order valence-electron chi connectivity index (χ2n) is 12.6. The van der Waals surface area contributed by atoms with E-state index < -0.39 is 32.1 Å². The van der Waals surface area contributed by atoms with Crippen molar-refractivity contribution < 1.29 is 31.1 Å². The molecule has 8 rings (SSSR count). The van der Waals surface area contributed by atoms with Gasteiger partial charge in [0.2, 0.25) is 0 Å². The summed E-state index contributed by atoms with van der Waals surface area (Å²) in [4.78, 5) is 9.50. The summed E-state index contributed by atoms with van der Waals surface area (Å²) in [6, 6.07) is 63.4. The molecule has 2 N–H and O–H groups in total. The van der Waals surface area contributed by atoms with Gasteiger partial charge in [0.1, 0.15) is 11.2 Å². The first-order chi connectivity index (χ1) is 25.9. The summed E-state index contributed by atoms with van der Waals surface area (Å²) in [6.07, 6.45) is 0.845. The molecule has 7 heteroatoms. The average molecular weight is 813 g/mol. The van der Waals surface area contributed by atoms with Crippen LogP contribution in [0.25, 0.3) is 21.8 Å². The summed E-state index contributed by atoms with van der Waals surface area (Å²) in [6.45, 7) is 0. The molecule has 0 saturated carbocycles. The Labute approximate surface area is 329 Å². The van der Waals surface area contributed by atoms with E-state index >= 15 is 0 Å². The number of nitrogens with zero attached hydrogens (tertiary/aromatic N) is 2. The second-order valence-corrected chi connectivity index (χ2v) is 16.3. The van der Waals surface area contributed by atoms with E-state index in [4.69, 9.17) is 27.0 Å². The molecular formula is C46H38Cl2N2O2Zr. The van der Waals surface area contributed by atoms with Crippen LogP contribution in [0, 0.1) is 0 Å². The standard InChI is InChI=1S/2C23H19NO.2ClH.Zr/c2*25-23(19-10-3-1-4-11-19,20-12-5-2-6-13-20)17-21-16-15-18-9-7-8-14-22(18)24-21;;;/h2*1-16,25H,17H2;2*1H;/q;;;;+2/p-2. The third kappa shape index (κ3) is 9.56. The molecule has 2 aromatic heterocycles. The van der Waals surface area contributed by atoms with Crippen molar-refractivity contribution in [3.63, 3.8) is 0 Å². The van der Waals surface area contributed by atoms with E-state index in [1.54, 1.807) is 0 Å². The number of para-hydroxylation sites is 2. The first-order valence-electron chi connectivity index (χ1n) is 17.3. The predicted molar refractivity (Wildman–Crippen MR) is 214 cm³/mol. The summed E-state index contributed by atoms with van der Waals surface area (Å²) in [5, 5.41) is 25.5. The van der Waals surface area contributed by atoms with Gasteiger partial charge < -0.3 is 10.2 Å². The van der Waals surface area contributed by atoms with Gasteiger partial charge in [-0.3, -0.25) is 9.97 Å². The number of aliphatic hydroxyl groups is 2. The van der Waals surface area contributed by atoms with Crippen LogP contribution in [-0.4, -0.2) is 20.2 Å². The van der Waals surface area contributed by atoms with Crippen LogP contribution in [0.15, 0.2) is 194 Å². The topological polar surface area (TPSA) is 66.2 Å². The van der Waals surface area contributed by atoms with Gasteiger partial charge in [-0.1, -0.05) is 170 Å². The Bertz CT molecular complexity index is 2080. The van der Waals surface area contributed by atoms with Gasteiger partial charge in [-0.15, -0.1) is 0 Å². The van der Waals surface area contributed by atoms with Gasteiger partial charge in [0.15, 0.2) is 0 Å². The van der Waals surface area contributed by atoms with E-state index in [-0.39, 0.29) is 0 Å². The van der Waals surface area contributed by atoms with E-state index in [9.17, 15) is 10.2 Å². The third-order valence-electron chi connectivity index (χ3n) is 9.19. The van der Waals surface area contributed by atoms with E-state index in [1.807, 2.05) is 182 Å². The van der Waals surface area contributed by atoms with Crippen molar-refractivity contribution in [2.45, 2.75) is 24.0 Å². The summed E-state index contributed by atoms with van der Waals surface area (Å²) in [5.41, 5.74) is 4.89. The number of pyridine rings is 2. The van der Waals surface area contributed by atoms with Crippen LogP contribution >= 0.6 is 17.0 Å². The number of aromatic nitrogens is 2. The van der Waals surface area contributed by atoms with Crippen LogP contribution in [-0.2, 0) is 44.9 Å². The fourth-order valence-corrected chi connectivity index (χ4v) is 6.53. The van der Waals surface area contributed by atoms with Gasteiger partial charge in [0, 0.05) is 35.0 Å². The van der Waals surface area contributed by atoms with Crippen LogP contribution < -0.4 is 0 Å². The zero-order chi connectivity index (χ0) is 36.9. The summed E-state index contributed by atoms with van der Waals surface area (Å²) < 4.78 is 0. The number of benzene rings is 6. The molecule has 0 spiro atoms. The number of fused-ring (bicyclic) bond motifs is 2. The molecule has 0 aliphatic heterocycles. The van der Waals surface area contributed by atoms with Gasteiger partial charge in [-0.05, 0) is 46.5 Å². The van der Waals surface area contributed by atoms with Gasteiger partial charge in [-0.25, -0.2) is 0 Å². The molecule has 0 atom stereocenters. The fourth-order valence-electron chi connectivity index (χ4n) is 6.53. The molecule has 4 nitrogen and oxygen atoms in total. The number of rotatable bonds is 8. The van der Waals surface area contributed by atoms with Crippen molar-refractivity contribution in [1.82, 2.24) is 9.97 Å². The molecule has 53 heavy (non-hydrogen) atoms. The Morgan fingerprint density at radius 2 is 0.642 bits per heavy atom. The van der Waals surface area contributed by atoms with Crippen LogP contribution in [0.1, 0.15) is 33.6 Å². The molecular weight excluding hydrogens is 775 g/mol. The molecule has 0 fully saturated rings. The Kier molecular flexibility index (Phi) is 13.4. The molecule has 0 bridgehead atoms. The normalized spacial score (nSPS) is 11.2. The average Bonchev–Trinajstić information content (AvgIpc) is 3.22. The molecule has 6 aromatic carbocycles. The molecule has 0 aliphatic rings. The Hall–Kier alpha value is -4.48. The molecule has 0 saturated heterocycles. The molecule has 2 heterocycles. The Morgan fingerprint density at radius 3 is 0.943 bits per heavy atom. The minimum absolute atomic E-state index is 0.422. The van der Waals surface area contributed by atoms with Gasteiger partial charge in [0.25, 0.3) is 0 Å². The minimum atomic E-state index is -1.11. The summed E-state index contributed by atoms with van der Waals surface area (Å²) in [5.74, 6) is 0. The first-order valence-corrected chi connectivity index (χ1v) is 23.6. The van der Waals surface area contributed by atoms with Crippen molar-refractivity contribution in [3.8, 4) is 0 Å². The number of halogens is 2. The third-order valence-corrected chi connectivity index (χ3v) is 9.19. The van der Waals surface area contributed by atoms with E-state index in [0.29, 0.717) is 12.8 Å². The predicted octanol–water partition coefficient (Wildman–Crippen LogP) is 10.8. The zero-order valence-electron chi connectivity index (χ0n) is 28.9. The zero-order valence-corrected chi connectivity index (χ0v) is 32.9. The van der Waals surface area contributed by atoms with Gasteiger partial charge >= 0.3 is 37.9 Å². The Balaban J connectivity index is 0.000000169. The Morgan fingerprint density at radius 1 is 0.377 bits per heavy atom. The van der Waals surface area contributed by atoms with Crippen LogP contribution in [0.2, 0.25) is 0 Å². The molecule has 0 aliphatic carbocycles. The summed E-state index contributed by atoms with van der Waals surface area (Å²) in [7, 11) is 9.87. The first kappa shape index (κ1) is 38.3. The maximum absolute atomic E-state index is 11.6. The SMILES string of the molecule is OC(Cc1ccc2ccccc2n1)(c1ccccc1)c1ccccc1.OC(Cc1ccc2ccccc2n1)(c1ccccc1)c1ccccc1.[Cl][Zr][Cl]. The van der Waals surface area contributed by atoms with Crippen molar-refractivity contribution in [3.05, 3.63) is 228 Å². The number of hydrogen-bond donors (Lipinski definition) is 2. The van der Waals surface area contributed by atoms with Crippen LogP contribution in [0.4, 0.5) is 0 Å². The summed E-state index contributed by atoms with van der Waals surface area (Å²) >= 11 is -0.826. The number of hydrogen-bond acceptors (Lipinski definition) is 4. The van der Waals surface area contributed by atoms with E-state index in [0.717, 1.165) is 55.4 Å². The maximum atomic E-state index is 11.6. The van der Waals surface area contributed by atoms with Gasteiger partial charge in [0.05, 0.1) is 11.0 Å². The monoisotopic (exact) mass is 810 g/mol. The van der Waals surface area contributed by atoms with Crippen molar-refractivity contribution in [2.75, 3.05) is 0 Å². The van der Waals surface area contributed by atoms with Crippen LogP contribution in [0.5, 0.6) is 0 Å². The molecule has 0 amide bonds. The fraction of sp³-hybridized carbons (Fsp3) is 0.0870. The molecule has 262 valence electrons. The van der Waals surface area contributed by atoms with Crippen molar-refractivity contribution in [2.24, 2.45) is 0 Å². The van der Waals surface area contributed by atoms with E-state index in [2.05, 4.69) is 12.1 Å². The molecule has 0 radical (unpaired) electrons. The van der Waals surface area contributed by atoms with E-state index in [1.165, 1.54) is 0 Å². The van der Waals surface area contributed by atoms with Crippen molar-refractivity contribution >= 4 is 38.8 Å².